The lowest BCUT2D eigenvalue weighted by Crippen LogP contribution is -2.50. The highest BCUT2D eigenvalue weighted by Crippen LogP contribution is 2.19. The molecule has 2 aromatic rings. The van der Waals surface area contributed by atoms with Gasteiger partial charge in [0.1, 0.15) is 5.82 Å². The molecule has 0 saturated carbocycles. The second-order valence-corrected chi connectivity index (χ2v) is 7.17. The molecule has 0 atom stereocenters. The number of carbonyl (C=O) groups is 2. The fourth-order valence-electron chi connectivity index (χ4n) is 3.01. The van der Waals surface area contributed by atoms with Gasteiger partial charge in [-0.05, 0) is 42.3 Å². The predicted octanol–water partition coefficient (Wildman–Crippen LogP) is 3.75. The molecule has 4 nitrogen and oxygen atoms in total. The summed E-state index contributed by atoms with van der Waals surface area (Å²) in [4.78, 5) is 28.5. The third-order valence-corrected chi connectivity index (χ3v) is 5.12. The summed E-state index contributed by atoms with van der Waals surface area (Å²) in [5, 5.41) is 0. The van der Waals surface area contributed by atoms with Crippen LogP contribution in [0.4, 0.5) is 4.39 Å². The first-order valence-corrected chi connectivity index (χ1v) is 9.41. The minimum absolute atomic E-state index is 0.0339. The summed E-state index contributed by atoms with van der Waals surface area (Å²) in [7, 11) is 0. The molecule has 0 spiro atoms. The molecule has 1 aliphatic heterocycles. The Balaban J connectivity index is 1.64. The Morgan fingerprint density at radius 2 is 1.54 bits per heavy atom. The normalized spacial score (nSPS) is 14.4. The monoisotopic (exact) mass is 418 g/mol. The van der Waals surface area contributed by atoms with Crippen LogP contribution in [0.15, 0.2) is 46.9 Å². The number of hydrogen-bond donors (Lipinski definition) is 0. The van der Waals surface area contributed by atoms with Crippen molar-refractivity contribution in [1.82, 2.24) is 9.80 Å². The van der Waals surface area contributed by atoms with Gasteiger partial charge in [0.2, 0.25) is 0 Å². The third kappa shape index (κ3) is 3.96. The molecule has 1 aliphatic rings. The fourth-order valence-corrected chi connectivity index (χ4v) is 3.37. The highest BCUT2D eigenvalue weighted by Gasteiger charge is 2.26. The maximum Gasteiger partial charge on any atom is 0.256 e. The first-order chi connectivity index (χ1) is 12.5. The van der Waals surface area contributed by atoms with Gasteiger partial charge in [0.15, 0.2) is 0 Å². The minimum Gasteiger partial charge on any atom is -0.335 e. The number of amides is 2. The van der Waals surface area contributed by atoms with Crippen LogP contribution in [0, 0.1) is 5.82 Å². The van der Waals surface area contributed by atoms with Gasteiger partial charge in [-0.15, -0.1) is 0 Å². The smallest absolute Gasteiger partial charge is 0.256 e. The van der Waals surface area contributed by atoms with Crippen molar-refractivity contribution in [3.63, 3.8) is 0 Å². The van der Waals surface area contributed by atoms with Crippen molar-refractivity contribution in [2.75, 3.05) is 26.2 Å². The van der Waals surface area contributed by atoms with E-state index < -0.39 is 5.82 Å². The third-order valence-electron chi connectivity index (χ3n) is 4.62. The molecule has 0 aliphatic carbocycles. The molecule has 2 aromatic carbocycles. The Kier molecular flexibility index (Phi) is 5.71. The molecular weight excluding hydrogens is 399 g/mol. The molecule has 2 amide bonds. The summed E-state index contributed by atoms with van der Waals surface area (Å²) < 4.78 is 14.6. The van der Waals surface area contributed by atoms with Gasteiger partial charge in [-0.25, -0.2) is 4.39 Å². The van der Waals surface area contributed by atoms with E-state index in [2.05, 4.69) is 22.9 Å². The summed E-state index contributed by atoms with van der Waals surface area (Å²) in [6.45, 7) is 3.74. The molecule has 0 N–H and O–H groups in total. The lowest BCUT2D eigenvalue weighted by atomic mass is 10.1. The largest absolute Gasteiger partial charge is 0.335 e. The van der Waals surface area contributed by atoms with E-state index in [1.807, 2.05) is 24.3 Å². The van der Waals surface area contributed by atoms with Gasteiger partial charge in [0, 0.05) is 36.2 Å². The second kappa shape index (κ2) is 7.99. The maximum atomic E-state index is 13.9. The average Bonchev–Trinajstić information content (AvgIpc) is 2.69. The molecule has 6 heteroatoms. The summed E-state index contributed by atoms with van der Waals surface area (Å²) >= 11 is 3.26. The average molecular weight is 419 g/mol. The molecule has 136 valence electrons. The molecule has 0 unspecified atom stereocenters. The van der Waals surface area contributed by atoms with Crippen LogP contribution in [0.2, 0.25) is 0 Å². The lowest BCUT2D eigenvalue weighted by Gasteiger charge is -2.35. The zero-order chi connectivity index (χ0) is 18.7. The van der Waals surface area contributed by atoms with E-state index in [-0.39, 0.29) is 17.4 Å². The van der Waals surface area contributed by atoms with Gasteiger partial charge in [-0.2, -0.15) is 0 Å². The molecule has 3 rings (SSSR count). The fraction of sp³-hybridized carbons (Fsp3) is 0.300. The Labute approximate surface area is 160 Å². The van der Waals surface area contributed by atoms with E-state index in [9.17, 15) is 14.0 Å². The zero-order valence-electron chi connectivity index (χ0n) is 14.5. The number of rotatable bonds is 3. The summed E-state index contributed by atoms with van der Waals surface area (Å²) in [6, 6.07) is 11.9. The number of nitrogens with zero attached hydrogens (tertiary/aromatic N) is 2. The van der Waals surface area contributed by atoms with E-state index in [1.165, 1.54) is 17.7 Å². The highest BCUT2D eigenvalue weighted by atomic mass is 79.9. The Hall–Kier alpha value is -2.21. The number of carbonyl (C=O) groups excluding carboxylic acids is 2. The van der Waals surface area contributed by atoms with Crippen LogP contribution in [0.5, 0.6) is 0 Å². The first kappa shape index (κ1) is 18.6. The maximum absolute atomic E-state index is 13.9. The van der Waals surface area contributed by atoms with Crippen LogP contribution in [0.25, 0.3) is 0 Å². The first-order valence-electron chi connectivity index (χ1n) is 8.62. The summed E-state index contributed by atoms with van der Waals surface area (Å²) in [5.74, 6) is -0.913. The van der Waals surface area contributed by atoms with Crippen LogP contribution < -0.4 is 0 Å². The lowest BCUT2D eigenvalue weighted by molar-refractivity contribution is 0.0532. The molecule has 0 bridgehead atoms. The van der Waals surface area contributed by atoms with Gasteiger partial charge in [0.05, 0.1) is 5.56 Å². The summed E-state index contributed by atoms with van der Waals surface area (Å²) in [5.41, 5.74) is 1.89. The van der Waals surface area contributed by atoms with E-state index in [0.717, 1.165) is 6.42 Å². The number of aryl methyl sites for hydroxylation is 1. The number of hydrogen-bond acceptors (Lipinski definition) is 2. The van der Waals surface area contributed by atoms with Crippen LogP contribution in [-0.4, -0.2) is 47.8 Å². The minimum atomic E-state index is -0.535. The predicted molar refractivity (Wildman–Crippen MR) is 102 cm³/mol. The van der Waals surface area contributed by atoms with Crippen molar-refractivity contribution in [2.45, 2.75) is 13.3 Å². The highest BCUT2D eigenvalue weighted by molar-refractivity contribution is 9.10. The standard InChI is InChI=1S/C20H20BrFN2O2/c1-2-14-3-5-15(6-4-14)19(25)23-9-11-24(12-10-23)20(26)17-13-16(21)7-8-18(17)22/h3-8,13H,2,9-12H2,1H3. The summed E-state index contributed by atoms with van der Waals surface area (Å²) in [6.07, 6.45) is 0.932. The van der Waals surface area contributed by atoms with Crippen molar-refractivity contribution in [3.8, 4) is 0 Å². The quantitative estimate of drug-likeness (QED) is 0.761. The van der Waals surface area contributed by atoms with E-state index in [0.29, 0.717) is 36.2 Å². The van der Waals surface area contributed by atoms with Gasteiger partial charge < -0.3 is 9.80 Å². The molecule has 26 heavy (non-hydrogen) atoms. The van der Waals surface area contributed by atoms with Gasteiger partial charge in [0.25, 0.3) is 11.8 Å². The Morgan fingerprint density at radius 1 is 0.962 bits per heavy atom. The number of piperazine rings is 1. The van der Waals surface area contributed by atoms with E-state index >= 15 is 0 Å². The van der Waals surface area contributed by atoms with Crippen molar-refractivity contribution in [3.05, 3.63) is 69.4 Å². The zero-order valence-corrected chi connectivity index (χ0v) is 16.1. The number of halogens is 2. The number of benzene rings is 2. The molecule has 1 fully saturated rings. The van der Waals surface area contributed by atoms with Crippen molar-refractivity contribution in [2.24, 2.45) is 0 Å². The van der Waals surface area contributed by atoms with Gasteiger partial charge in [-0.1, -0.05) is 35.0 Å². The van der Waals surface area contributed by atoms with Crippen LogP contribution in [0.1, 0.15) is 33.2 Å². The van der Waals surface area contributed by atoms with Crippen LogP contribution in [-0.2, 0) is 6.42 Å². The topological polar surface area (TPSA) is 40.6 Å². The molecular formula is C20H20BrFN2O2. The molecule has 0 radical (unpaired) electrons. The van der Waals surface area contributed by atoms with Gasteiger partial charge >= 0.3 is 0 Å². The second-order valence-electron chi connectivity index (χ2n) is 6.26. The van der Waals surface area contributed by atoms with E-state index in [1.54, 1.807) is 15.9 Å². The molecule has 0 aromatic heterocycles. The van der Waals surface area contributed by atoms with E-state index in [4.69, 9.17) is 0 Å². The van der Waals surface area contributed by atoms with Crippen LogP contribution in [0.3, 0.4) is 0 Å². The van der Waals surface area contributed by atoms with Crippen molar-refractivity contribution >= 4 is 27.7 Å². The molecule has 1 saturated heterocycles. The Morgan fingerprint density at radius 3 is 2.12 bits per heavy atom. The molecule has 1 heterocycles. The van der Waals surface area contributed by atoms with Crippen LogP contribution >= 0.6 is 15.9 Å². The van der Waals surface area contributed by atoms with Crippen molar-refractivity contribution in [1.29, 1.82) is 0 Å². The van der Waals surface area contributed by atoms with Crippen molar-refractivity contribution < 1.29 is 14.0 Å². The van der Waals surface area contributed by atoms with Gasteiger partial charge in [-0.3, -0.25) is 9.59 Å². The Bertz CT molecular complexity index is 815. The SMILES string of the molecule is CCc1ccc(C(=O)N2CCN(C(=O)c3cc(Br)ccc3F)CC2)cc1.